The van der Waals surface area contributed by atoms with Crippen molar-refractivity contribution in [2.24, 2.45) is 4.99 Å². The molecule has 0 spiro atoms. The second kappa shape index (κ2) is 5.43. The Balaban J connectivity index is 1.79. The fourth-order valence-corrected chi connectivity index (χ4v) is 4.54. The number of esters is 1. The first-order valence-corrected chi connectivity index (χ1v) is 8.00. The van der Waals surface area contributed by atoms with Crippen LogP contribution in [0.25, 0.3) is 0 Å². The van der Waals surface area contributed by atoms with Gasteiger partial charge in [0.15, 0.2) is 6.04 Å². The summed E-state index contributed by atoms with van der Waals surface area (Å²) in [6, 6.07) is 8.71. The Hall–Kier alpha value is -1.82. The van der Waals surface area contributed by atoms with Crippen LogP contribution < -0.4 is 0 Å². The van der Waals surface area contributed by atoms with Gasteiger partial charge in [0.25, 0.3) is 5.91 Å². The molecule has 6 heteroatoms. The molecule has 0 radical (unpaired) electrons. The van der Waals surface area contributed by atoms with E-state index in [0.717, 1.165) is 5.56 Å². The molecule has 2 unspecified atom stereocenters. The van der Waals surface area contributed by atoms with Gasteiger partial charge in [-0.2, -0.15) is 0 Å². The molecule has 0 bridgehead atoms. The predicted octanol–water partition coefficient (Wildman–Crippen LogP) is 1.71. The van der Waals surface area contributed by atoms with Crippen molar-refractivity contribution in [2.45, 2.75) is 36.1 Å². The number of amides is 1. The van der Waals surface area contributed by atoms with Gasteiger partial charge in [0.2, 0.25) is 0 Å². The summed E-state index contributed by atoms with van der Waals surface area (Å²) >= 11 is 1.61. The lowest BCUT2D eigenvalue weighted by Crippen LogP contribution is -2.65. The zero-order valence-electron chi connectivity index (χ0n) is 12.7. The van der Waals surface area contributed by atoms with Gasteiger partial charge in [0.05, 0.1) is 7.11 Å². The minimum Gasteiger partial charge on any atom is -0.467 e. The number of methoxy groups -OCH3 is 1. The highest BCUT2D eigenvalue weighted by molar-refractivity contribution is 8.01. The van der Waals surface area contributed by atoms with Gasteiger partial charge in [-0.05, 0) is 19.4 Å². The van der Waals surface area contributed by atoms with Gasteiger partial charge >= 0.3 is 5.97 Å². The molecule has 2 aliphatic heterocycles. The van der Waals surface area contributed by atoms with Crippen LogP contribution in [0.1, 0.15) is 19.4 Å². The number of nitrogens with zero attached hydrogens (tertiary/aromatic N) is 2. The van der Waals surface area contributed by atoms with E-state index in [9.17, 15) is 9.59 Å². The highest BCUT2D eigenvalue weighted by Gasteiger charge is 2.64. The van der Waals surface area contributed by atoms with Gasteiger partial charge in [0.1, 0.15) is 11.4 Å². The van der Waals surface area contributed by atoms with Crippen molar-refractivity contribution < 1.29 is 14.3 Å². The van der Waals surface area contributed by atoms with Crippen molar-refractivity contribution in [1.82, 2.24) is 4.90 Å². The Morgan fingerprint density at radius 1 is 1.36 bits per heavy atom. The van der Waals surface area contributed by atoms with Crippen LogP contribution in [0.3, 0.4) is 0 Å². The van der Waals surface area contributed by atoms with E-state index >= 15 is 0 Å². The highest BCUT2D eigenvalue weighted by atomic mass is 32.2. The van der Waals surface area contributed by atoms with E-state index in [1.165, 1.54) is 7.11 Å². The Bertz CT molecular complexity index is 630. The molecule has 1 aromatic carbocycles. The number of carbonyl (C=O) groups is 2. The Morgan fingerprint density at radius 2 is 2.05 bits per heavy atom. The molecule has 2 heterocycles. The van der Waals surface area contributed by atoms with Crippen molar-refractivity contribution in [3.05, 3.63) is 35.9 Å². The van der Waals surface area contributed by atoms with E-state index in [1.807, 2.05) is 44.2 Å². The van der Waals surface area contributed by atoms with E-state index in [-0.39, 0.29) is 22.0 Å². The number of hydrogen-bond donors (Lipinski definition) is 0. The topological polar surface area (TPSA) is 59.0 Å². The first-order valence-electron chi connectivity index (χ1n) is 7.12. The third-order valence-corrected chi connectivity index (χ3v) is 5.58. The summed E-state index contributed by atoms with van der Waals surface area (Å²) in [6.45, 7) is 3.92. The number of benzene rings is 1. The molecule has 116 valence electrons. The number of hydrogen-bond acceptors (Lipinski definition) is 5. The van der Waals surface area contributed by atoms with Gasteiger partial charge in [-0.1, -0.05) is 30.3 Å². The van der Waals surface area contributed by atoms with Crippen LogP contribution in [0.5, 0.6) is 0 Å². The summed E-state index contributed by atoms with van der Waals surface area (Å²) in [4.78, 5) is 30.4. The first kappa shape index (κ1) is 15.1. The lowest BCUT2D eigenvalue weighted by molar-refractivity contribution is -0.160. The molecule has 3 rings (SSSR count). The SMILES string of the molecule is COC(=O)C1N2C(=O)C(N=Cc3ccccc3)[C@H]2SC1(C)C. The lowest BCUT2D eigenvalue weighted by Gasteiger charge is -2.41. The molecular formula is C16H18N2O3S. The van der Waals surface area contributed by atoms with Crippen molar-refractivity contribution in [2.75, 3.05) is 7.11 Å². The molecule has 5 nitrogen and oxygen atoms in total. The van der Waals surface area contributed by atoms with E-state index in [2.05, 4.69) is 4.99 Å². The second-order valence-corrected chi connectivity index (χ2v) is 7.69. The van der Waals surface area contributed by atoms with Gasteiger partial charge in [0, 0.05) is 11.0 Å². The van der Waals surface area contributed by atoms with Gasteiger partial charge in [-0.25, -0.2) is 4.79 Å². The fourth-order valence-electron chi connectivity index (χ4n) is 2.93. The zero-order valence-corrected chi connectivity index (χ0v) is 13.5. The molecule has 1 amide bonds. The zero-order chi connectivity index (χ0) is 15.9. The molecule has 2 saturated heterocycles. The third kappa shape index (κ3) is 2.31. The number of fused-ring (bicyclic) bond motifs is 1. The molecule has 2 fully saturated rings. The number of aliphatic imine (C=N–C) groups is 1. The van der Waals surface area contributed by atoms with E-state index in [0.29, 0.717) is 0 Å². The van der Waals surface area contributed by atoms with Crippen molar-refractivity contribution in [3.8, 4) is 0 Å². The smallest absolute Gasteiger partial charge is 0.330 e. The van der Waals surface area contributed by atoms with Crippen LogP contribution in [0.2, 0.25) is 0 Å². The number of carbonyl (C=O) groups excluding carboxylic acids is 2. The summed E-state index contributed by atoms with van der Waals surface area (Å²) < 4.78 is 4.48. The molecule has 0 saturated carbocycles. The maximum atomic E-state index is 12.4. The van der Waals surface area contributed by atoms with Crippen LogP contribution in [-0.2, 0) is 14.3 Å². The third-order valence-electron chi connectivity index (χ3n) is 4.02. The average Bonchev–Trinajstić information content (AvgIpc) is 2.76. The molecule has 1 aromatic rings. The molecule has 2 aliphatic rings. The summed E-state index contributed by atoms with van der Waals surface area (Å²) in [5.41, 5.74) is 0.959. The van der Waals surface area contributed by atoms with Crippen LogP contribution >= 0.6 is 11.8 Å². The molecule has 0 aromatic heterocycles. The Morgan fingerprint density at radius 3 is 2.68 bits per heavy atom. The van der Waals surface area contributed by atoms with Crippen LogP contribution in [0.15, 0.2) is 35.3 Å². The molecular weight excluding hydrogens is 300 g/mol. The Labute approximate surface area is 133 Å². The van der Waals surface area contributed by atoms with E-state index < -0.39 is 12.1 Å². The average molecular weight is 318 g/mol. The van der Waals surface area contributed by atoms with Crippen LogP contribution in [0, 0.1) is 0 Å². The van der Waals surface area contributed by atoms with Gasteiger partial charge in [-0.15, -0.1) is 11.8 Å². The standard InChI is InChI=1S/C16H18N2O3S/c1-16(2)12(15(20)21-3)18-13(19)11(14(18)22-16)17-9-10-7-5-4-6-8-10/h4-9,11-12,14H,1-3H3/t11?,12?,14-/m1/s1. The van der Waals surface area contributed by atoms with Crippen LogP contribution in [0.4, 0.5) is 0 Å². The largest absolute Gasteiger partial charge is 0.467 e. The molecule has 3 atom stereocenters. The summed E-state index contributed by atoms with van der Waals surface area (Å²) in [7, 11) is 1.35. The van der Waals surface area contributed by atoms with Crippen molar-refractivity contribution in [3.63, 3.8) is 0 Å². The minimum atomic E-state index is -0.539. The maximum Gasteiger partial charge on any atom is 0.330 e. The number of ether oxygens (including phenoxy) is 1. The Kier molecular flexibility index (Phi) is 3.72. The monoisotopic (exact) mass is 318 g/mol. The highest BCUT2D eigenvalue weighted by Crippen LogP contribution is 2.51. The maximum absolute atomic E-state index is 12.4. The van der Waals surface area contributed by atoms with Crippen molar-refractivity contribution in [1.29, 1.82) is 0 Å². The normalized spacial score (nSPS) is 29.3. The molecule has 0 N–H and O–H groups in total. The quantitative estimate of drug-likeness (QED) is 0.484. The number of rotatable bonds is 3. The molecule has 0 aliphatic carbocycles. The minimum absolute atomic E-state index is 0.0911. The fraction of sp³-hybridized carbons (Fsp3) is 0.438. The van der Waals surface area contributed by atoms with Crippen molar-refractivity contribution >= 4 is 29.9 Å². The number of β-lactam (4-membered cyclic amide) rings is 1. The second-order valence-electron chi connectivity index (χ2n) is 5.92. The summed E-state index contributed by atoms with van der Waals surface area (Å²) in [6.07, 6.45) is 1.72. The van der Waals surface area contributed by atoms with E-state index in [1.54, 1.807) is 22.9 Å². The predicted molar refractivity (Wildman–Crippen MR) is 85.9 cm³/mol. The molecule has 22 heavy (non-hydrogen) atoms. The lowest BCUT2D eigenvalue weighted by atomic mass is 9.96. The van der Waals surface area contributed by atoms with Gasteiger partial charge < -0.3 is 9.64 Å². The van der Waals surface area contributed by atoms with Crippen LogP contribution in [-0.4, -0.2) is 52.3 Å². The first-order chi connectivity index (χ1) is 10.5. The van der Waals surface area contributed by atoms with Gasteiger partial charge in [-0.3, -0.25) is 9.79 Å². The van der Waals surface area contributed by atoms with E-state index in [4.69, 9.17) is 4.74 Å². The summed E-state index contributed by atoms with van der Waals surface area (Å²) in [5, 5.41) is -0.0911. The summed E-state index contributed by atoms with van der Waals surface area (Å²) in [5.74, 6) is -0.468. The number of thioether (sulfide) groups is 1.